The summed E-state index contributed by atoms with van der Waals surface area (Å²) >= 11 is 6.04. The van der Waals surface area contributed by atoms with Crippen LogP contribution in [-0.4, -0.2) is 12.6 Å². The number of allylic oxidation sites excluding steroid dienone is 1. The number of halogens is 2. The van der Waals surface area contributed by atoms with Crippen LogP contribution in [0.4, 0.5) is 4.39 Å². The molecular weight excluding hydrogens is 237 g/mol. The molecule has 1 aromatic rings. The summed E-state index contributed by atoms with van der Waals surface area (Å²) in [7, 11) is 0. The standard InChI is InChI=1S/C14H17ClFN/c1-10(3-2-8-17-12-5-6-12)13-9-11(16)4-7-14(13)15/h3-4,7,9,12,17H,2,5-6,8H2,1H3/b10-3-. The van der Waals surface area contributed by atoms with Gasteiger partial charge in [0.2, 0.25) is 0 Å². The van der Waals surface area contributed by atoms with E-state index in [1.807, 2.05) is 6.92 Å². The van der Waals surface area contributed by atoms with Crippen LogP contribution in [0.25, 0.3) is 5.57 Å². The van der Waals surface area contributed by atoms with Gasteiger partial charge in [0.15, 0.2) is 0 Å². The van der Waals surface area contributed by atoms with Crippen LogP contribution in [0.15, 0.2) is 24.3 Å². The highest BCUT2D eigenvalue weighted by molar-refractivity contribution is 6.32. The summed E-state index contributed by atoms with van der Waals surface area (Å²) in [5, 5.41) is 4.04. The van der Waals surface area contributed by atoms with Crippen molar-refractivity contribution in [3.63, 3.8) is 0 Å². The molecule has 1 N–H and O–H groups in total. The first-order valence-electron chi connectivity index (χ1n) is 6.02. The second-order valence-corrected chi connectivity index (χ2v) is 4.94. The first-order chi connectivity index (χ1) is 8.16. The van der Waals surface area contributed by atoms with Gasteiger partial charge in [-0.1, -0.05) is 17.7 Å². The van der Waals surface area contributed by atoms with Crippen molar-refractivity contribution in [2.45, 2.75) is 32.2 Å². The van der Waals surface area contributed by atoms with Crippen LogP contribution in [-0.2, 0) is 0 Å². The summed E-state index contributed by atoms with van der Waals surface area (Å²) < 4.78 is 13.1. The summed E-state index contributed by atoms with van der Waals surface area (Å²) in [6, 6.07) is 5.21. The molecule has 0 atom stereocenters. The predicted octanol–water partition coefficient (Wildman–Crippen LogP) is 4.02. The van der Waals surface area contributed by atoms with E-state index in [9.17, 15) is 4.39 Å². The second kappa shape index (κ2) is 5.65. The van der Waals surface area contributed by atoms with E-state index in [-0.39, 0.29) is 5.82 Å². The fourth-order valence-corrected chi connectivity index (χ4v) is 2.04. The number of rotatable bonds is 5. The lowest BCUT2D eigenvalue weighted by Gasteiger charge is -2.05. The van der Waals surface area contributed by atoms with Crippen molar-refractivity contribution in [1.82, 2.24) is 5.32 Å². The van der Waals surface area contributed by atoms with Crippen LogP contribution in [0.1, 0.15) is 31.7 Å². The van der Waals surface area contributed by atoms with E-state index in [0.717, 1.165) is 30.1 Å². The van der Waals surface area contributed by atoms with E-state index in [0.29, 0.717) is 5.02 Å². The third-order valence-corrected chi connectivity index (χ3v) is 3.29. The Bertz CT molecular complexity index is 424. The molecule has 0 aliphatic heterocycles. The summed E-state index contributed by atoms with van der Waals surface area (Å²) in [5.74, 6) is -0.242. The van der Waals surface area contributed by atoms with Crippen LogP contribution in [0, 0.1) is 5.82 Å². The zero-order valence-corrected chi connectivity index (χ0v) is 10.7. The van der Waals surface area contributed by atoms with E-state index in [4.69, 9.17) is 11.6 Å². The Labute approximate surface area is 107 Å². The summed E-state index contributed by atoms with van der Waals surface area (Å²) in [6.07, 6.45) is 5.67. The monoisotopic (exact) mass is 253 g/mol. The highest BCUT2D eigenvalue weighted by Crippen LogP contribution is 2.25. The minimum atomic E-state index is -0.242. The minimum Gasteiger partial charge on any atom is -0.314 e. The van der Waals surface area contributed by atoms with Crippen molar-refractivity contribution in [3.05, 3.63) is 40.7 Å². The van der Waals surface area contributed by atoms with Gasteiger partial charge in [-0.3, -0.25) is 0 Å². The molecular formula is C14H17ClFN. The van der Waals surface area contributed by atoms with Crippen LogP contribution in [0.3, 0.4) is 0 Å². The fraction of sp³-hybridized carbons (Fsp3) is 0.429. The molecule has 0 saturated heterocycles. The Hall–Kier alpha value is -0.860. The van der Waals surface area contributed by atoms with Crippen molar-refractivity contribution in [2.24, 2.45) is 0 Å². The Kier molecular flexibility index (Phi) is 4.19. The maximum atomic E-state index is 13.1. The van der Waals surface area contributed by atoms with Crippen molar-refractivity contribution in [1.29, 1.82) is 0 Å². The molecule has 2 rings (SSSR count). The van der Waals surface area contributed by atoms with Gasteiger partial charge in [0.25, 0.3) is 0 Å². The van der Waals surface area contributed by atoms with Crippen LogP contribution in [0.5, 0.6) is 0 Å². The quantitative estimate of drug-likeness (QED) is 0.782. The third kappa shape index (κ3) is 3.83. The molecule has 0 aromatic heterocycles. The highest BCUT2D eigenvalue weighted by atomic mass is 35.5. The Morgan fingerprint density at radius 3 is 3.00 bits per heavy atom. The average molecular weight is 254 g/mol. The zero-order chi connectivity index (χ0) is 12.3. The molecule has 0 heterocycles. The molecule has 0 radical (unpaired) electrons. The molecule has 1 aromatic carbocycles. The average Bonchev–Trinajstić information content (AvgIpc) is 3.11. The van der Waals surface area contributed by atoms with Crippen molar-refractivity contribution < 1.29 is 4.39 Å². The molecule has 1 fully saturated rings. The van der Waals surface area contributed by atoms with Gasteiger partial charge in [-0.25, -0.2) is 4.39 Å². The predicted molar refractivity (Wildman–Crippen MR) is 70.7 cm³/mol. The van der Waals surface area contributed by atoms with Crippen LogP contribution >= 0.6 is 11.6 Å². The van der Waals surface area contributed by atoms with E-state index in [2.05, 4.69) is 11.4 Å². The van der Waals surface area contributed by atoms with E-state index < -0.39 is 0 Å². The van der Waals surface area contributed by atoms with Gasteiger partial charge >= 0.3 is 0 Å². The Morgan fingerprint density at radius 2 is 2.29 bits per heavy atom. The number of hydrogen-bond donors (Lipinski definition) is 1. The highest BCUT2D eigenvalue weighted by Gasteiger charge is 2.19. The van der Waals surface area contributed by atoms with Crippen molar-refractivity contribution in [2.75, 3.05) is 6.54 Å². The summed E-state index contributed by atoms with van der Waals surface area (Å²) in [4.78, 5) is 0. The summed E-state index contributed by atoms with van der Waals surface area (Å²) in [5.41, 5.74) is 1.82. The van der Waals surface area contributed by atoms with Gasteiger partial charge in [0.1, 0.15) is 5.82 Å². The molecule has 17 heavy (non-hydrogen) atoms. The lowest BCUT2D eigenvalue weighted by atomic mass is 10.1. The normalized spacial score (nSPS) is 16.3. The van der Waals surface area contributed by atoms with Gasteiger partial charge in [-0.05, 0) is 62.1 Å². The molecule has 1 aliphatic carbocycles. The molecule has 1 nitrogen and oxygen atoms in total. The number of hydrogen-bond acceptors (Lipinski definition) is 1. The SMILES string of the molecule is C/C(=C/CCNC1CC1)c1cc(F)ccc1Cl. The maximum Gasteiger partial charge on any atom is 0.123 e. The zero-order valence-electron chi connectivity index (χ0n) is 9.97. The van der Waals surface area contributed by atoms with Gasteiger partial charge in [-0.2, -0.15) is 0 Å². The molecule has 0 bridgehead atoms. The summed E-state index contributed by atoms with van der Waals surface area (Å²) in [6.45, 7) is 2.95. The largest absolute Gasteiger partial charge is 0.314 e. The van der Waals surface area contributed by atoms with Gasteiger partial charge < -0.3 is 5.32 Å². The van der Waals surface area contributed by atoms with Crippen molar-refractivity contribution in [3.8, 4) is 0 Å². The molecule has 0 spiro atoms. The Balaban J connectivity index is 1.94. The smallest absolute Gasteiger partial charge is 0.123 e. The second-order valence-electron chi connectivity index (χ2n) is 4.53. The first kappa shape index (κ1) is 12.6. The maximum absolute atomic E-state index is 13.1. The topological polar surface area (TPSA) is 12.0 Å². The van der Waals surface area contributed by atoms with E-state index >= 15 is 0 Å². The van der Waals surface area contributed by atoms with Crippen LogP contribution in [0.2, 0.25) is 5.02 Å². The van der Waals surface area contributed by atoms with Gasteiger partial charge in [0.05, 0.1) is 0 Å². The van der Waals surface area contributed by atoms with E-state index in [1.54, 1.807) is 6.07 Å². The third-order valence-electron chi connectivity index (χ3n) is 2.96. The first-order valence-corrected chi connectivity index (χ1v) is 6.40. The molecule has 3 heteroatoms. The lowest BCUT2D eigenvalue weighted by molar-refractivity contribution is 0.627. The van der Waals surface area contributed by atoms with Crippen molar-refractivity contribution >= 4 is 17.2 Å². The number of nitrogens with one attached hydrogen (secondary N) is 1. The van der Waals surface area contributed by atoms with Crippen LogP contribution < -0.4 is 5.32 Å². The van der Waals surface area contributed by atoms with Gasteiger partial charge in [-0.15, -0.1) is 0 Å². The molecule has 1 saturated carbocycles. The van der Waals surface area contributed by atoms with E-state index in [1.165, 1.54) is 25.0 Å². The molecule has 1 aliphatic rings. The molecule has 0 unspecified atom stereocenters. The molecule has 0 amide bonds. The molecule has 92 valence electrons. The minimum absolute atomic E-state index is 0.242. The fourth-order valence-electron chi connectivity index (χ4n) is 1.77. The Morgan fingerprint density at radius 1 is 1.53 bits per heavy atom. The van der Waals surface area contributed by atoms with Gasteiger partial charge in [0, 0.05) is 11.1 Å². The number of benzene rings is 1. The lowest BCUT2D eigenvalue weighted by Crippen LogP contribution is -2.16.